The minimum atomic E-state index is -2.99. The minimum Gasteiger partial charge on any atom is -0.493 e. The normalized spacial score (nSPS) is 11.2. The van der Waals surface area contributed by atoms with Crippen molar-refractivity contribution in [1.82, 2.24) is 0 Å². The molecule has 3 rings (SSSR count). The van der Waals surface area contributed by atoms with Crippen LogP contribution in [0.3, 0.4) is 0 Å². The van der Waals surface area contributed by atoms with Crippen LogP contribution in [-0.4, -0.2) is 19.5 Å². The van der Waals surface area contributed by atoms with Gasteiger partial charge in [-0.05, 0) is 61.0 Å². The lowest BCUT2D eigenvalue weighted by Gasteiger charge is -2.10. The lowest BCUT2D eigenvalue weighted by molar-refractivity contribution is -0.0512. The number of furan rings is 1. The molecule has 0 unspecified atom stereocenters. The maximum atomic E-state index is 12.4. The number of rotatable bonds is 9. The van der Waals surface area contributed by atoms with Gasteiger partial charge in [0, 0.05) is 5.56 Å². The molecular formula is C23H19ClF2O5. The molecule has 0 aliphatic heterocycles. The van der Waals surface area contributed by atoms with E-state index in [1.165, 1.54) is 37.5 Å². The van der Waals surface area contributed by atoms with Crippen molar-refractivity contribution >= 4 is 23.5 Å². The average molecular weight is 449 g/mol. The average Bonchev–Trinajstić information content (AvgIpc) is 3.19. The van der Waals surface area contributed by atoms with E-state index in [9.17, 15) is 13.6 Å². The number of alkyl halides is 2. The summed E-state index contributed by atoms with van der Waals surface area (Å²) in [5.41, 5.74) is 1.16. The molecule has 3 aromatic rings. The lowest BCUT2D eigenvalue weighted by atomic mass is 10.1. The van der Waals surface area contributed by atoms with Gasteiger partial charge in [-0.1, -0.05) is 23.7 Å². The summed E-state index contributed by atoms with van der Waals surface area (Å²) in [6, 6.07) is 12.9. The van der Waals surface area contributed by atoms with Crippen LogP contribution in [0.15, 0.2) is 59.0 Å². The van der Waals surface area contributed by atoms with Crippen molar-refractivity contribution < 1.29 is 32.2 Å². The van der Waals surface area contributed by atoms with E-state index in [1.807, 2.05) is 19.1 Å². The quantitative estimate of drug-likeness (QED) is 0.283. The van der Waals surface area contributed by atoms with Gasteiger partial charge in [0.05, 0.1) is 12.1 Å². The first kappa shape index (κ1) is 22.4. The molecule has 0 saturated carbocycles. The molecule has 0 spiro atoms. The third kappa shape index (κ3) is 5.86. The summed E-state index contributed by atoms with van der Waals surface area (Å²) in [5, 5.41) is 0.512. The van der Waals surface area contributed by atoms with Crippen LogP contribution in [-0.2, 0) is 6.61 Å². The number of aryl methyl sites for hydroxylation is 1. The number of allylic oxidation sites excluding steroid dienone is 1. The number of ether oxygens (including phenoxy) is 3. The van der Waals surface area contributed by atoms with Crippen molar-refractivity contribution in [3.05, 3.63) is 82.3 Å². The maximum Gasteiger partial charge on any atom is 0.387 e. The van der Waals surface area contributed by atoms with Gasteiger partial charge in [-0.25, -0.2) is 0 Å². The van der Waals surface area contributed by atoms with Crippen molar-refractivity contribution in [2.75, 3.05) is 7.11 Å². The highest BCUT2D eigenvalue weighted by Gasteiger charge is 2.13. The van der Waals surface area contributed by atoms with E-state index < -0.39 is 6.61 Å². The third-order valence-corrected chi connectivity index (χ3v) is 4.57. The lowest BCUT2D eigenvalue weighted by Crippen LogP contribution is -2.04. The summed E-state index contributed by atoms with van der Waals surface area (Å²) in [6.45, 7) is -0.922. The van der Waals surface area contributed by atoms with Crippen LogP contribution >= 0.6 is 11.6 Å². The minimum absolute atomic E-state index is 0.0341. The number of ketones is 1. The Morgan fingerprint density at radius 2 is 1.97 bits per heavy atom. The number of hydrogen-bond acceptors (Lipinski definition) is 5. The zero-order valence-corrected chi connectivity index (χ0v) is 17.5. The molecule has 0 aliphatic rings. The van der Waals surface area contributed by atoms with E-state index in [2.05, 4.69) is 4.74 Å². The van der Waals surface area contributed by atoms with Crippen LogP contribution in [0, 0.1) is 6.92 Å². The highest BCUT2D eigenvalue weighted by Crippen LogP contribution is 2.30. The molecule has 0 bridgehead atoms. The molecule has 0 N–H and O–H groups in total. The Morgan fingerprint density at radius 3 is 2.68 bits per heavy atom. The highest BCUT2D eigenvalue weighted by molar-refractivity contribution is 6.32. The molecule has 5 nitrogen and oxygen atoms in total. The van der Waals surface area contributed by atoms with Gasteiger partial charge >= 0.3 is 6.61 Å². The number of para-hydroxylation sites is 1. The Balaban J connectivity index is 1.64. The van der Waals surface area contributed by atoms with E-state index in [0.717, 1.165) is 5.56 Å². The van der Waals surface area contributed by atoms with Gasteiger partial charge in [-0.2, -0.15) is 8.78 Å². The second kappa shape index (κ2) is 10.1. The van der Waals surface area contributed by atoms with Crippen molar-refractivity contribution in [1.29, 1.82) is 0 Å². The second-order valence-corrected chi connectivity index (χ2v) is 6.83. The van der Waals surface area contributed by atoms with Crippen molar-refractivity contribution in [2.45, 2.75) is 20.1 Å². The van der Waals surface area contributed by atoms with Gasteiger partial charge in [-0.15, -0.1) is 0 Å². The van der Waals surface area contributed by atoms with E-state index in [4.69, 9.17) is 25.5 Å². The van der Waals surface area contributed by atoms with E-state index in [1.54, 1.807) is 18.2 Å². The van der Waals surface area contributed by atoms with Gasteiger partial charge in [0.25, 0.3) is 0 Å². The first-order chi connectivity index (χ1) is 14.9. The molecule has 162 valence electrons. The summed E-state index contributed by atoms with van der Waals surface area (Å²) in [6.07, 6.45) is 2.81. The van der Waals surface area contributed by atoms with E-state index in [-0.39, 0.29) is 29.5 Å². The number of carbonyl (C=O) groups is 1. The molecule has 0 aliphatic carbocycles. The summed E-state index contributed by atoms with van der Waals surface area (Å²) in [4.78, 5) is 12.4. The molecule has 2 aromatic carbocycles. The van der Waals surface area contributed by atoms with Gasteiger partial charge in [0.2, 0.25) is 0 Å². The van der Waals surface area contributed by atoms with E-state index >= 15 is 0 Å². The first-order valence-electron chi connectivity index (χ1n) is 9.19. The highest BCUT2D eigenvalue weighted by atomic mass is 35.5. The topological polar surface area (TPSA) is 57.9 Å². The number of methoxy groups -OCH3 is 1. The Morgan fingerprint density at radius 1 is 1.16 bits per heavy atom. The monoisotopic (exact) mass is 448 g/mol. The predicted molar refractivity (Wildman–Crippen MR) is 112 cm³/mol. The summed E-state index contributed by atoms with van der Waals surface area (Å²) in [5.74, 6) is 1.12. The summed E-state index contributed by atoms with van der Waals surface area (Å²) >= 11 is 6.14. The van der Waals surface area contributed by atoms with Crippen LogP contribution in [0.25, 0.3) is 6.08 Å². The molecule has 0 atom stereocenters. The number of hydrogen-bond donors (Lipinski definition) is 0. The van der Waals surface area contributed by atoms with Crippen LogP contribution in [0.4, 0.5) is 8.78 Å². The Hall–Kier alpha value is -3.32. The number of halogens is 3. The standard InChI is InChI=1S/C23H19ClF2O5/c1-14-4-3-5-18(24)22(14)29-13-17-8-7-16(30-17)9-10-19(27)15-6-11-20(31-23(25)26)21(12-15)28-2/h3-12,23H,13H2,1-2H3/b10-9+. The maximum absolute atomic E-state index is 12.4. The molecule has 31 heavy (non-hydrogen) atoms. The van der Waals surface area contributed by atoms with Crippen LogP contribution in [0.1, 0.15) is 27.4 Å². The smallest absolute Gasteiger partial charge is 0.387 e. The van der Waals surface area contributed by atoms with Gasteiger partial charge in [0.15, 0.2) is 17.3 Å². The van der Waals surface area contributed by atoms with Gasteiger partial charge in [0.1, 0.15) is 23.9 Å². The Labute approximate surface area is 182 Å². The van der Waals surface area contributed by atoms with Crippen LogP contribution < -0.4 is 14.2 Å². The Bertz CT molecular complexity index is 1070. The summed E-state index contributed by atoms with van der Waals surface area (Å²) < 4.78 is 45.6. The third-order valence-electron chi connectivity index (χ3n) is 4.27. The Kier molecular flexibility index (Phi) is 7.31. The molecule has 0 radical (unpaired) electrons. The summed E-state index contributed by atoms with van der Waals surface area (Å²) in [7, 11) is 1.30. The fourth-order valence-electron chi connectivity index (χ4n) is 2.77. The fraction of sp³-hybridized carbons (Fsp3) is 0.174. The SMILES string of the molecule is COc1cc(C(=O)/C=C/c2ccc(COc3c(C)cccc3Cl)o2)ccc1OC(F)F. The van der Waals surface area contributed by atoms with E-state index in [0.29, 0.717) is 22.3 Å². The van der Waals surface area contributed by atoms with Crippen molar-refractivity contribution in [2.24, 2.45) is 0 Å². The molecule has 1 heterocycles. The van der Waals surface area contributed by atoms with Gasteiger partial charge in [-0.3, -0.25) is 4.79 Å². The molecule has 1 aromatic heterocycles. The number of carbonyl (C=O) groups excluding carboxylic acids is 1. The van der Waals surface area contributed by atoms with Crippen LogP contribution in [0.2, 0.25) is 5.02 Å². The zero-order chi connectivity index (χ0) is 22.4. The van der Waals surface area contributed by atoms with Crippen molar-refractivity contribution in [3.63, 3.8) is 0 Å². The molecule has 0 amide bonds. The van der Waals surface area contributed by atoms with Gasteiger partial charge < -0.3 is 18.6 Å². The largest absolute Gasteiger partial charge is 0.493 e. The second-order valence-electron chi connectivity index (χ2n) is 6.42. The number of benzene rings is 2. The predicted octanol–water partition coefficient (Wildman–Crippen LogP) is 6.33. The van der Waals surface area contributed by atoms with Crippen LogP contribution in [0.5, 0.6) is 17.2 Å². The molecule has 8 heteroatoms. The molecule has 0 saturated heterocycles. The molecular weight excluding hydrogens is 430 g/mol. The zero-order valence-electron chi connectivity index (χ0n) is 16.7. The van der Waals surface area contributed by atoms with Crippen molar-refractivity contribution in [3.8, 4) is 17.2 Å². The first-order valence-corrected chi connectivity index (χ1v) is 9.57. The molecule has 0 fully saturated rings. The fourth-order valence-corrected chi connectivity index (χ4v) is 3.05.